The van der Waals surface area contributed by atoms with Gasteiger partial charge >= 0.3 is 0 Å². The maximum absolute atomic E-state index is 11.7. The molecular formula is C15H32N4O2. The molecule has 3 N–H and O–H groups in total. The summed E-state index contributed by atoms with van der Waals surface area (Å²) in [6, 6.07) is 0. The molecule has 0 saturated heterocycles. The van der Waals surface area contributed by atoms with Crippen LogP contribution in [0.1, 0.15) is 48.0 Å². The first kappa shape index (κ1) is 19.9. The predicted molar refractivity (Wildman–Crippen MR) is 85.3 cm³/mol. The number of hydrogen-bond acceptors (Lipinski definition) is 4. The Kier molecular flexibility index (Phi) is 7.89. The Labute approximate surface area is 129 Å². The van der Waals surface area contributed by atoms with Crippen LogP contribution in [0.2, 0.25) is 0 Å². The van der Waals surface area contributed by atoms with Gasteiger partial charge in [0.1, 0.15) is 0 Å². The molecule has 0 rings (SSSR count). The highest BCUT2D eigenvalue weighted by Crippen LogP contribution is 2.17. The molecule has 0 aromatic heterocycles. The molecule has 0 aliphatic heterocycles. The summed E-state index contributed by atoms with van der Waals surface area (Å²) < 4.78 is 0. The second-order valence-electron chi connectivity index (χ2n) is 7.87. The SMILES string of the molecule is CN(CNC(=O)CC(C)(C)C)NCC(=O)NCC(C)(C)C. The molecular weight excluding hydrogens is 268 g/mol. The second-order valence-corrected chi connectivity index (χ2v) is 7.87. The summed E-state index contributed by atoms with van der Waals surface area (Å²) in [6.45, 7) is 13.5. The normalized spacial score (nSPS) is 12.4. The van der Waals surface area contributed by atoms with E-state index >= 15 is 0 Å². The minimum absolute atomic E-state index is 0.00772. The molecule has 0 aromatic carbocycles. The maximum atomic E-state index is 11.7. The quantitative estimate of drug-likeness (QED) is 0.486. The van der Waals surface area contributed by atoms with Gasteiger partial charge in [-0.15, -0.1) is 0 Å². The number of carbonyl (C=O) groups is 2. The van der Waals surface area contributed by atoms with Gasteiger partial charge in [-0.05, 0) is 10.8 Å². The third-order valence-corrected chi connectivity index (χ3v) is 2.53. The zero-order chi connectivity index (χ0) is 16.7. The Hall–Kier alpha value is -1.14. The lowest BCUT2D eigenvalue weighted by molar-refractivity contribution is -0.123. The molecule has 0 fully saturated rings. The first-order valence-electron chi connectivity index (χ1n) is 7.37. The number of nitrogens with one attached hydrogen (secondary N) is 3. The lowest BCUT2D eigenvalue weighted by Crippen LogP contribution is -2.48. The van der Waals surface area contributed by atoms with E-state index < -0.39 is 0 Å². The van der Waals surface area contributed by atoms with Crippen molar-refractivity contribution in [3.8, 4) is 0 Å². The van der Waals surface area contributed by atoms with Crippen LogP contribution >= 0.6 is 0 Å². The minimum Gasteiger partial charge on any atom is -0.354 e. The Morgan fingerprint density at radius 3 is 1.95 bits per heavy atom. The molecule has 0 atom stereocenters. The predicted octanol–water partition coefficient (Wildman–Crippen LogP) is 1.10. The van der Waals surface area contributed by atoms with Crippen LogP contribution in [0.5, 0.6) is 0 Å². The number of hydrazine groups is 1. The van der Waals surface area contributed by atoms with Crippen molar-refractivity contribution in [2.45, 2.75) is 48.0 Å². The van der Waals surface area contributed by atoms with Gasteiger partial charge in [-0.2, -0.15) is 0 Å². The molecule has 0 heterocycles. The summed E-state index contributed by atoms with van der Waals surface area (Å²) in [5.41, 5.74) is 2.99. The molecule has 0 unspecified atom stereocenters. The molecule has 0 saturated carbocycles. The van der Waals surface area contributed by atoms with Gasteiger partial charge in [-0.3, -0.25) is 9.59 Å². The highest BCUT2D eigenvalue weighted by atomic mass is 16.2. The van der Waals surface area contributed by atoms with Crippen molar-refractivity contribution in [1.82, 2.24) is 21.1 Å². The van der Waals surface area contributed by atoms with E-state index in [1.165, 1.54) is 0 Å². The fraction of sp³-hybridized carbons (Fsp3) is 0.867. The number of carbonyl (C=O) groups excluding carboxylic acids is 2. The summed E-state index contributed by atoms with van der Waals surface area (Å²) in [6.07, 6.45) is 0.479. The molecule has 6 heteroatoms. The number of nitrogens with zero attached hydrogens (tertiary/aromatic N) is 1. The summed E-state index contributed by atoms with van der Waals surface area (Å²) in [5, 5.41) is 7.36. The molecule has 2 amide bonds. The summed E-state index contributed by atoms with van der Waals surface area (Å²) in [5.74, 6) is -0.0499. The van der Waals surface area contributed by atoms with Gasteiger partial charge in [0.05, 0.1) is 13.2 Å². The fourth-order valence-electron chi connectivity index (χ4n) is 1.44. The van der Waals surface area contributed by atoms with Crippen LogP contribution in [-0.4, -0.2) is 43.6 Å². The lowest BCUT2D eigenvalue weighted by atomic mass is 9.92. The van der Waals surface area contributed by atoms with Crippen LogP contribution in [0.4, 0.5) is 0 Å². The van der Waals surface area contributed by atoms with Gasteiger partial charge < -0.3 is 10.6 Å². The van der Waals surface area contributed by atoms with Gasteiger partial charge in [0.2, 0.25) is 11.8 Å². The topological polar surface area (TPSA) is 73.5 Å². The van der Waals surface area contributed by atoms with Crippen LogP contribution in [-0.2, 0) is 9.59 Å². The van der Waals surface area contributed by atoms with Crippen molar-refractivity contribution in [3.05, 3.63) is 0 Å². The first-order chi connectivity index (χ1) is 9.39. The molecule has 6 nitrogen and oxygen atoms in total. The monoisotopic (exact) mass is 300 g/mol. The van der Waals surface area contributed by atoms with E-state index in [0.29, 0.717) is 19.6 Å². The van der Waals surface area contributed by atoms with Crippen LogP contribution in [0.3, 0.4) is 0 Å². The average molecular weight is 300 g/mol. The molecule has 0 radical (unpaired) electrons. The van der Waals surface area contributed by atoms with Crippen molar-refractivity contribution in [3.63, 3.8) is 0 Å². The van der Waals surface area contributed by atoms with E-state index in [2.05, 4.69) is 36.8 Å². The Morgan fingerprint density at radius 2 is 1.48 bits per heavy atom. The molecule has 0 bridgehead atoms. The van der Waals surface area contributed by atoms with Crippen molar-refractivity contribution < 1.29 is 9.59 Å². The maximum Gasteiger partial charge on any atom is 0.235 e. The number of rotatable bonds is 7. The van der Waals surface area contributed by atoms with Crippen LogP contribution in [0.15, 0.2) is 0 Å². The highest BCUT2D eigenvalue weighted by molar-refractivity contribution is 5.78. The van der Waals surface area contributed by atoms with Crippen molar-refractivity contribution in [2.24, 2.45) is 10.8 Å². The molecule has 0 spiro atoms. The van der Waals surface area contributed by atoms with Crippen LogP contribution in [0.25, 0.3) is 0 Å². The number of amides is 2. The van der Waals surface area contributed by atoms with E-state index in [4.69, 9.17) is 0 Å². The highest BCUT2D eigenvalue weighted by Gasteiger charge is 2.16. The van der Waals surface area contributed by atoms with Crippen LogP contribution < -0.4 is 16.1 Å². The minimum atomic E-state index is -0.0576. The molecule has 0 aromatic rings. The van der Waals surface area contributed by atoms with Crippen molar-refractivity contribution >= 4 is 11.8 Å². The largest absolute Gasteiger partial charge is 0.354 e. The van der Waals surface area contributed by atoms with Crippen molar-refractivity contribution in [2.75, 3.05) is 26.8 Å². The van der Waals surface area contributed by atoms with Crippen LogP contribution in [0, 0.1) is 10.8 Å². The van der Waals surface area contributed by atoms with Gasteiger partial charge in [-0.25, -0.2) is 10.4 Å². The Bertz CT molecular complexity index is 343. The van der Waals surface area contributed by atoms with Crippen molar-refractivity contribution in [1.29, 1.82) is 0 Å². The van der Waals surface area contributed by atoms with Gasteiger partial charge in [-0.1, -0.05) is 41.5 Å². The number of hydrogen-bond donors (Lipinski definition) is 3. The van der Waals surface area contributed by atoms with E-state index in [0.717, 1.165) is 0 Å². The second kappa shape index (κ2) is 8.34. The van der Waals surface area contributed by atoms with Gasteiger partial charge in [0, 0.05) is 20.0 Å². The Morgan fingerprint density at radius 1 is 0.905 bits per heavy atom. The standard InChI is InChI=1S/C15H32N4O2/c1-14(2,3)8-12(20)17-11-19(7)18-9-13(21)16-10-15(4,5)6/h18H,8-11H2,1-7H3,(H,16,21)(H,17,20). The Balaban J connectivity index is 3.83. The summed E-state index contributed by atoms with van der Waals surface area (Å²) >= 11 is 0. The zero-order valence-corrected chi connectivity index (χ0v) is 14.6. The zero-order valence-electron chi connectivity index (χ0n) is 14.6. The van der Waals surface area contributed by atoms with E-state index in [1.807, 2.05) is 20.8 Å². The third kappa shape index (κ3) is 13.6. The lowest BCUT2D eigenvalue weighted by Gasteiger charge is -2.22. The van der Waals surface area contributed by atoms with E-state index in [1.54, 1.807) is 12.1 Å². The van der Waals surface area contributed by atoms with Gasteiger partial charge in [0.15, 0.2) is 0 Å². The summed E-state index contributed by atoms with van der Waals surface area (Å²) in [4.78, 5) is 23.3. The van der Waals surface area contributed by atoms with Gasteiger partial charge in [0.25, 0.3) is 0 Å². The first-order valence-corrected chi connectivity index (χ1v) is 7.37. The molecule has 0 aliphatic rings. The molecule has 124 valence electrons. The average Bonchev–Trinajstić information content (AvgIpc) is 2.28. The summed E-state index contributed by atoms with van der Waals surface area (Å²) in [7, 11) is 1.79. The van der Waals surface area contributed by atoms with E-state index in [-0.39, 0.29) is 29.2 Å². The van der Waals surface area contributed by atoms with E-state index in [9.17, 15) is 9.59 Å². The smallest absolute Gasteiger partial charge is 0.235 e. The fourth-order valence-corrected chi connectivity index (χ4v) is 1.44. The molecule has 0 aliphatic carbocycles. The molecule has 21 heavy (non-hydrogen) atoms. The third-order valence-electron chi connectivity index (χ3n) is 2.53.